The molecule has 2 aromatic rings. The zero-order chi connectivity index (χ0) is 21.9. The van der Waals surface area contributed by atoms with Gasteiger partial charge < -0.3 is 29.7 Å². The molecule has 10 nitrogen and oxygen atoms in total. The fraction of sp³-hybridized carbons (Fsp3) is 0.455. The van der Waals surface area contributed by atoms with Gasteiger partial charge in [-0.1, -0.05) is 12.1 Å². The molecule has 2 amide bonds. The Morgan fingerprint density at radius 1 is 1.12 bits per heavy atom. The van der Waals surface area contributed by atoms with Gasteiger partial charge in [-0.05, 0) is 18.2 Å². The highest BCUT2D eigenvalue weighted by Gasteiger charge is 2.48. The lowest BCUT2D eigenvalue weighted by atomic mass is 10.1. The smallest absolute Gasteiger partial charge is 0.317 e. The number of benzene rings is 1. The summed E-state index contributed by atoms with van der Waals surface area (Å²) < 4.78 is 17.2. The van der Waals surface area contributed by atoms with Gasteiger partial charge in [-0.25, -0.2) is 14.8 Å². The first-order chi connectivity index (χ1) is 15.7. The van der Waals surface area contributed by atoms with Crippen LogP contribution in [0.4, 0.5) is 10.7 Å². The maximum Gasteiger partial charge on any atom is 0.317 e. The number of rotatable bonds is 4. The molecule has 0 spiro atoms. The predicted octanol–water partition coefficient (Wildman–Crippen LogP) is 1.00. The summed E-state index contributed by atoms with van der Waals surface area (Å²) in [5.74, 6) is 0.462. The number of morpholine rings is 1. The van der Waals surface area contributed by atoms with Crippen molar-refractivity contribution in [2.45, 2.75) is 24.3 Å². The number of urea groups is 1. The van der Waals surface area contributed by atoms with Crippen LogP contribution in [-0.2, 0) is 14.2 Å². The number of carbonyl (C=O) groups is 1. The second-order valence-electron chi connectivity index (χ2n) is 7.96. The van der Waals surface area contributed by atoms with E-state index in [1.807, 2.05) is 12.1 Å². The molecule has 32 heavy (non-hydrogen) atoms. The number of nitrogens with one attached hydrogen (secondary N) is 2. The summed E-state index contributed by atoms with van der Waals surface area (Å²) >= 11 is 0. The van der Waals surface area contributed by atoms with Crippen molar-refractivity contribution in [1.29, 1.82) is 5.26 Å². The van der Waals surface area contributed by atoms with E-state index < -0.39 is 0 Å². The summed E-state index contributed by atoms with van der Waals surface area (Å²) in [7, 11) is 0. The molecule has 166 valence electrons. The molecule has 1 aromatic heterocycles. The van der Waals surface area contributed by atoms with Crippen molar-refractivity contribution in [3.05, 3.63) is 42.1 Å². The number of fused-ring (bicyclic) bond motifs is 1. The minimum Gasteiger partial charge on any atom is -0.378 e. The van der Waals surface area contributed by atoms with E-state index in [1.54, 1.807) is 29.3 Å². The van der Waals surface area contributed by atoms with Crippen molar-refractivity contribution >= 4 is 12.0 Å². The molecule has 0 radical (unpaired) electrons. The molecule has 3 aliphatic rings. The standard InChI is InChI=1S/C22H24N6O4/c23-11-14-2-1-3-15(10-14)16-4-5-24-21(25-16)26-17-12-31-20-18(13-32-19(17)20)27-22(29)28-6-8-30-9-7-28/h1-5,10,17-20H,6-9,12-13H2,(H,27,29)(H,24,25,26)/t17-,18-,19+,20+/m0/s1. The largest absolute Gasteiger partial charge is 0.378 e. The summed E-state index contributed by atoms with van der Waals surface area (Å²) in [6.07, 6.45) is 1.24. The minimum absolute atomic E-state index is 0.113. The first-order valence-corrected chi connectivity index (χ1v) is 10.7. The molecule has 0 bridgehead atoms. The van der Waals surface area contributed by atoms with Crippen molar-refractivity contribution < 1.29 is 19.0 Å². The Kier molecular flexibility index (Phi) is 5.85. The van der Waals surface area contributed by atoms with Crippen molar-refractivity contribution in [3.8, 4) is 17.3 Å². The number of nitriles is 1. The average Bonchev–Trinajstić information content (AvgIpc) is 3.43. The van der Waals surface area contributed by atoms with E-state index in [0.717, 1.165) is 11.3 Å². The van der Waals surface area contributed by atoms with Gasteiger partial charge in [-0.2, -0.15) is 5.26 Å². The molecular weight excluding hydrogens is 412 g/mol. The molecule has 3 aliphatic heterocycles. The van der Waals surface area contributed by atoms with Gasteiger partial charge in [0.1, 0.15) is 12.2 Å². The number of nitrogens with zero attached hydrogens (tertiary/aromatic N) is 4. The lowest BCUT2D eigenvalue weighted by Gasteiger charge is -2.29. The predicted molar refractivity (Wildman–Crippen MR) is 114 cm³/mol. The van der Waals surface area contributed by atoms with Crippen molar-refractivity contribution in [1.82, 2.24) is 20.2 Å². The first-order valence-electron chi connectivity index (χ1n) is 10.7. The maximum absolute atomic E-state index is 12.5. The van der Waals surface area contributed by atoms with Gasteiger partial charge in [0.05, 0.1) is 55.8 Å². The van der Waals surface area contributed by atoms with E-state index in [2.05, 4.69) is 26.7 Å². The molecule has 0 saturated carbocycles. The van der Waals surface area contributed by atoms with E-state index >= 15 is 0 Å². The lowest BCUT2D eigenvalue weighted by molar-refractivity contribution is 0.0485. The third kappa shape index (κ3) is 4.23. The summed E-state index contributed by atoms with van der Waals surface area (Å²) in [4.78, 5) is 23.2. The second-order valence-corrected chi connectivity index (χ2v) is 7.96. The van der Waals surface area contributed by atoms with E-state index in [1.165, 1.54) is 0 Å². The van der Waals surface area contributed by atoms with Gasteiger partial charge in [0.15, 0.2) is 0 Å². The van der Waals surface area contributed by atoms with Crippen LogP contribution < -0.4 is 10.6 Å². The topological polar surface area (TPSA) is 122 Å². The van der Waals surface area contributed by atoms with Gasteiger partial charge in [-0.15, -0.1) is 0 Å². The number of aromatic nitrogens is 2. The zero-order valence-corrected chi connectivity index (χ0v) is 17.4. The zero-order valence-electron chi connectivity index (χ0n) is 17.4. The highest BCUT2D eigenvalue weighted by molar-refractivity contribution is 5.74. The van der Waals surface area contributed by atoms with Crippen molar-refractivity contribution in [3.63, 3.8) is 0 Å². The van der Waals surface area contributed by atoms with E-state index in [-0.39, 0.29) is 30.3 Å². The minimum atomic E-state index is -0.229. The SMILES string of the molecule is N#Cc1cccc(-c2ccnc(N[C@H]3CO[C@H]4[C@@H]3OC[C@@H]4NC(=O)N3CCOCC3)n2)c1. The third-order valence-electron chi connectivity index (χ3n) is 5.92. The maximum atomic E-state index is 12.5. The molecular formula is C22H24N6O4. The van der Waals surface area contributed by atoms with Crippen LogP contribution in [-0.4, -0.2) is 84.7 Å². The molecule has 3 fully saturated rings. The highest BCUT2D eigenvalue weighted by Crippen LogP contribution is 2.29. The summed E-state index contributed by atoms with van der Waals surface area (Å²) in [5.41, 5.74) is 2.14. The molecule has 2 N–H and O–H groups in total. The molecule has 3 saturated heterocycles. The van der Waals surface area contributed by atoms with Gasteiger partial charge in [0, 0.05) is 24.8 Å². The first kappa shape index (κ1) is 20.6. The van der Waals surface area contributed by atoms with Gasteiger partial charge in [0.2, 0.25) is 5.95 Å². The van der Waals surface area contributed by atoms with Crippen LogP contribution in [0.15, 0.2) is 36.5 Å². The Morgan fingerprint density at radius 2 is 1.91 bits per heavy atom. The summed E-state index contributed by atoms with van der Waals surface area (Å²) in [6, 6.07) is 10.8. The van der Waals surface area contributed by atoms with Crippen LogP contribution in [0.5, 0.6) is 0 Å². The fourth-order valence-corrected chi connectivity index (χ4v) is 4.27. The van der Waals surface area contributed by atoms with Crippen LogP contribution in [0.1, 0.15) is 5.56 Å². The average molecular weight is 436 g/mol. The fourth-order valence-electron chi connectivity index (χ4n) is 4.27. The Bertz CT molecular complexity index is 1020. The van der Waals surface area contributed by atoms with Gasteiger partial charge >= 0.3 is 6.03 Å². The molecule has 10 heteroatoms. The Labute approximate surface area is 185 Å². The molecule has 1 aromatic carbocycles. The van der Waals surface area contributed by atoms with Gasteiger partial charge in [-0.3, -0.25) is 0 Å². The molecule has 4 heterocycles. The van der Waals surface area contributed by atoms with Crippen molar-refractivity contribution in [2.75, 3.05) is 44.8 Å². The monoisotopic (exact) mass is 436 g/mol. The number of hydrogen-bond acceptors (Lipinski definition) is 8. The van der Waals surface area contributed by atoms with Crippen molar-refractivity contribution in [2.24, 2.45) is 0 Å². The van der Waals surface area contributed by atoms with E-state index in [4.69, 9.17) is 19.5 Å². The van der Waals surface area contributed by atoms with Crippen LogP contribution in [0, 0.1) is 11.3 Å². The number of anilines is 1. The third-order valence-corrected chi connectivity index (χ3v) is 5.92. The van der Waals surface area contributed by atoms with E-state index in [9.17, 15) is 4.79 Å². The Morgan fingerprint density at radius 3 is 2.72 bits per heavy atom. The Balaban J connectivity index is 1.22. The summed E-state index contributed by atoms with van der Waals surface area (Å²) in [6.45, 7) is 3.11. The second kappa shape index (κ2) is 9.08. The number of ether oxygens (including phenoxy) is 3. The van der Waals surface area contributed by atoms with Gasteiger partial charge in [0.25, 0.3) is 0 Å². The quantitative estimate of drug-likeness (QED) is 0.728. The molecule has 0 unspecified atom stereocenters. The molecule has 4 atom stereocenters. The number of hydrogen-bond donors (Lipinski definition) is 2. The van der Waals surface area contributed by atoms with Crippen LogP contribution in [0.25, 0.3) is 11.3 Å². The normalized spacial score (nSPS) is 26.9. The van der Waals surface area contributed by atoms with Crippen LogP contribution in [0.3, 0.4) is 0 Å². The summed E-state index contributed by atoms with van der Waals surface area (Å²) in [5, 5.41) is 15.5. The van der Waals surface area contributed by atoms with E-state index in [0.29, 0.717) is 51.0 Å². The Hall–Kier alpha value is -3.26. The highest BCUT2D eigenvalue weighted by atomic mass is 16.6. The van der Waals surface area contributed by atoms with Crippen LogP contribution in [0.2, 0.25) is 0 Å². The number of amides is 2. The lowest BCUT2D eigenvalue weighted by Crippen LogP contribution is -2.52. The van der Waals surface area contributed by atoms with Crippen LogP contribution >= 0.6 is 0 Å². The molecule has 0 aliphatic carbocycles. The molecule has 5 rings (SSSR count). The number of carbonyl (C=O) groups excluding carboxylic acids is 1.